The Hall–Kier alpha value is -0.0800. The van der Waals surface area contributed by atoms with Gasteiger partial charge in [-0.15, -0.1) is 0 Å². The summed E-state index contributed by atoms with van der Waals surface area (Å²) in [6, 6.07) is 1.70. The standard InChI is InChI=1S/C15H28N2/c1-15(7-3-2-4-8-15)11-16-10-12-9-13-5-6-14(12)17-13/h12-14,16-17H,2-11H2,1H3. The molecule has 3 unspecified atom stereocenters. The third-order valence-corrected chi connectivity index (χ3v) is 5.45. The van der Waals surface area contributed by atoms with E-state index in [1.807, 2.05) is 0 Å². The molecular weight excluding hydrogens is 208 g/mol. The Bertz CT molecular complexity index is 258. The molecule has 0 radical (unpaired) electrons. The fourth-order valence-corrected chi connectivity index (χ4v) is 4.30. The van der Waals surface area contributed by atoms with Crippen molar-refractivity contribution in [2.75, 3.05) is 13.1 Å². The molecule has 2 nitrogen and oxygen atoms in total. The van der Waals surface area contributed by atoms with Crippen LogP contribution in [0.3, 0.4) is 0 Å². The van der Waals surface area contributed by atoms with Crippen LogP contribution in [0.4, 0.5) is 0 Å². The Morgan fingerprint density at radius 2 is 2.00 bits per heavy atom. The largest absolute Gasteiger partial charge is 0.316 e. The number of hydrogen-bond donors (Lipinski definition) is 2. The van der Waals surface area contributed by atoms with Gasteiger partial charge in [-0.25, -0.2) is 0 Å². The van der Waals surface area contributed by atoms with E-state index in [0.717, 1.165) is 18.0 Å². The minimum Gasteiger partial charge on any atom is -0.316 e. The lowest BCUT2D eigenvalue weighted by Gasteiger charge is -2.34. The average molecular weight is 236 g/mol. The van der Waals surface area contributed by atoms with E-state index in [9.17, 15) is 0 Å². The van der Waals surface area contributed by atoms with E-state index in [4.69, 9.17) is 0 Å². The fourth-order valence-electron chi connectivity index (χ4n) is 4.30. The van der Waals surface area contributed by atoms with Crippen LogP contribution < -0.4 is 10.6 Å². The molecule has 17 heavy (non-hydrogen) atoms. The maximum absolute atomic E-state index is 3.78. The third-order valence-electron chi connectivity index (χ3n) is 5.45. The van der Waals surface area contributed by atoms with Crippen molar-refractivity contribution in [2.24, 2.45) is 11.3 Å². The lowest BCUT2D eigenvalue weighted by Crippen LogP contribution is -2.38. The zero-order valence-corrected chi connectivity index (χ0v) is 11.3. The summed E-state index contributed by atoms with van der Waals surface area (Å²) >= 11 is 0. The summed E-state index contributed by atoms with van der Waals surface area (Å²) in [5.41, 5.74) is 0.600. The van der Waals surface area contributed by atoms with Crippen LogP contribution in [0.25, 0.3) is 0 Å². The van der Waals surface area contributed by atoms with Crippen molar-refractivity contribution in [2.45, 2.75) is 70.4 Å². The Labute approximate surface area is 106 Å². The Morgan fingerprint density at radius 3 is 2.65 bits per heavy atom. The molecule has 3 atom stereocenters. The molecule has 1 aliphatic carbocycles. The van der Waals surface area contributed by atoms with E-state index in [0.29, 0.717) is 5.41 Å². The topological polar surface area (TPSA) is 24.1 Å². The molecule has 2 saturated heterocycles. The predicted molar refractivity (Wildman–Crippen MR) is 72.1 cm³/mol. The molecule has 2 N–H and O–H groups in total. The van der Waals surface area contributed by atoms with Gasteiger partial charge in [0.25, 0.3) is 0 Å². The summed E-state index contributed by atoms with van der Waals surface area (Å²) in [5, 5.41) is 7.52. The normalized spacial score (nSPS) is 39.7. The van der Waals surface area contributed by atoms with E-state index in [2.05, 4.69) is 17.6 Å². The van der Waals surface area contributed by atoms with Gasteiger partial charge in [-0.1, -0.05) is 26.2 Å². The fraction of sp³-hybridized carbons (Fsp3) is 1.00. The first-order valence-electron chi connectivity index (χ1n) is 7.72. The Kier molecular flexibility index (Phi) is 3.45. The molecule has 2 heterocycles. The van der Waals surface area contributed by atoms with Crippen molar-refractivity contribution in [3.05, 3.63) is 0 Å². The van der Waals surface area contributed by atoms with Crippen LogP contribution in [-0.2, 0) is 0 Å². The molecule has 0 amide bonds. The van der Waals surface area contributed by atoms with Crippen LogP contribution in [0.15, 0.2) is 0 Å². The van der Waals surface area contributed by atoms with Crippen molar-refractivity contribution >= 4 is 0 Å². The Balaban J connectivity index is 1.40. The second-order valence-corrected chi connectivity index (χ2v) is 7.05. The first kappa shape index (κ1) is 12.0. The molecule has 0 spiro atoms. The van der Waals surface area contributed by atoms with Crippen molar-refractivity contribution in [3.63, 3.8) is 0 Å². The molecule has 0 aromatic heterocycles. The summed E-state index contributed by atoms with van der Waals surface area (Å²) in [7, 11) is 0. The van der Waals surface area contributed by atoms with Gasteiger partial charge in [0.05, 0.1) is 0 Å². The first-order chi connectivity index (χ1) is 8.25. The molecule has 2 aliphatic heterocycles. The molecule has 2 bridgehead atoms. The number of hydrogen-bond acceptors (Lipinski definition) is 2. The van der Waals surface area contributed by atoms with Crippen LogP contribution in [0, 0.1) is 11.3 Å². The lowest BCUT2D eigenvalue weighted by molar-refractivity contribution is 0.202. The highest BCUT2D eigenvalue weighted by molar-refractivity contribution is 4.98. The minimum atomic E-state index is 0.600. The van der Waals surface area contributed by atoms with E-state index >= 15 is 0 Å². The van der Waals surface area contributed by atoms with Crippen LogP contribution in [0.1, 0.15) is 58.3 Å². The molecular formula is C15H28N2. The molecule has 98 valence electrons. The lowest BCUT2D eigenvalue weighted by atomic mass is 9.75. The van der Waals surface area contributed by atoms with Gasteiger partial charge in [-0.05, 0) is 50.0 Å². The summed E-state index contributed by atoms with van der Waals surface area (Å²) in [6.07, 6.45) is 11.5. The average Bonchev–Trinajstić information content (AvgIpc) is 2.92. The van der Waals surface area contributed by atoms with Gasteiger partial charge < -0.3 is 10.6 Å². The Morgan fingerprint density at radius 1 is 1.18 bits per heavy atom. The second kappa shape index (κ2) is 4.89. The molecule has 2 heteroatoms. The summed E-state index contributed by atoms with van der Waals surface area (Å²) < 4.78 is 0. The molecule has 3 fully saturated rings. The highest BCUT2D eigenvalue weighted by Gasteiger charge is 2.38. The van der Waals surface area contributed by atoms with Crippen molar-refractivity contribution in [1.82, 2.24) is 10.6 Å². The molecule has 3 rings (SSSR count). The van der Waals surface area contributed by atoms with E-state index in [-0.39, 0.29) is 0 Å². The van der Waals surface area contributed by atoms with Gasteiger partial charge >= 0.3 is 0 Å². The van der Waals surface area contributed by atoms with E-state index in [1.54, 1.807) is 0 Å². The monoisotopic (exact) mass is 236 g/mol. The highest BCUT2D eigenvalue weighted by atomic mass is 15.0. The van der Waals surface area contributed by atoms with Crippen LogP contribution >= 0.6 is 0 Å². The van der Waals surface area contributed by atoms with Crippen LogP contribution in [0.2, 0.25) is 0 Å². The van der Waals surface area contributed by atoms with Gasteiger partial charge in [-0.3, -0.25) is 0 Å². The van der Waals surface area contributed by atoms with Crippen LogP contribution in [0.5, 0.6) is 0 Å². The summed E-state index contributed by atoms with van der Waals surface area (Å²) in [5.74, 6) is 0.918. The molecule has 0 aromatic rings. The van der Waals surface area contributed by atoms with Crippen molar-refractivity contribution < 1.29 is 0 Å². The van der Waals surface area contributed by atoms with Crippen LogP contribution in [-0.4, -0.2) is 25.2 Å². The summed E-state index contributed by atoms with van der Waals surface area (Å²) in [6.45, 7) is 4.99. The molecule has 3 aliphatic rings. The maximum Gasteiger partial charge on any atom is 0.0111 e. The predicted octanol–water partition coefficient (Wildman–Crippen LogP) is 2.69. The van der Waals surface area contributed by atoms with Crippen molar-refractivity contribution in [3.8, 4) is 0 Å². The smallest absolute Gasteiger partial charge is 0.0111 e. The SMILES string of the molecule is CC1(CNCC2CC3CCC2N3)CCCCC1. The first-order valence-corrected chi connectivity index (χ1v) is 7.72. The van der Waals surface area contributed by atoms with E-state index in [1.165, 1.54) is 64.5 Å². The second-order valence-electron chi connectivity index (χ2n) is 7.05. The maximum atomic E-state index is 3.78. The van der Waals surface area contributed by atoms with Gasteiger partial charge in [0.1, 0.15) is 0 Å². The minimum absolute atomic E-state index is 0.600. The van der Waals surface area contributed by atoms with Gasteiger partial charge in [0.15, 0.2) is 0 Å². The molecule has 0 aromatic carbocycles. The van der Waals surface area contributed by atoms with Gasteiger partial charge in [0.2, 0.25) is 0 Å². The third kappa shape index (κ3) is 2.68. The van der Waals surface area contributed by atoms with Gasteiger partial charge in [-0.2, -0.15) is 0 Å². The zero-order valence-electron chi connectivity index (χ0n) is 11.3. The van der Waals surface area contributed by atoms with E-state index < -0.39 is 0 Å². The number of nitrogens with one attached hydrogen (secondary N) is 2. The highest BCUT2D eigenvalue weighted by Crippen LogP contribution is 2.36. The molecule has 1 saturated carbocycles. The van der Waals surface area contributed by atoms with Crippen molar-refractivity contribution in [1.29, 1.82) is 0 Å². The quantitative estimate of drug-likeness (QED) is 0.784. The van der Waals surface area contributed by atoms with Gasteiger partial charge in [0, 0.05) is 18.6 Å². The number of rotatable bonds is 4. The summed E-state index contributed by atoms with van der Waals surface area (Å²) in [4.78, 5) is 0. The zero-order chi connectivity index (χ0) is 11.7. The number of fused-ring (bicyclic) bond motifs is 2.